The number of anilines is 1. The summed E-state index contributed by atoms with van der Waals surface area (Å²) in [5, 5.41) is 2.47. The van der Waals surface area contributed by atoms with Crippen molar-refractivity contribution in [2.75, 3.05) is 5.32 Å². The zero-order valence-corrected chi connectivity index (χ0v) is 16.5. The Morgan fingerprint density at radius 3 is 2.28 bits per heavy atom. The standard InChI is InChI=1S/C19H20F2N2O5S/c1-3-16(18(24)22-14-10-8-13(20)9-11-14)28-19(25)12(2)23-29(26,27)17-7-5-4-6-15(17)21/h4-12,16,23H,3H2,1-2H3,(H,22,24)/t12-,16?/m0/s1. The molecule has 2 aromatic carbocycles. The molecule has 0 radical (unpaired) electrons. The Morgan fingerprint density at radius 1 is 1.07 bits per heavy atom. The number of amides is 1. The molecule has 1 unspecified atom stereocenters. The van der Waals surface area contributed by atoms with E-state index in [-0.39, 0.29) is 6.42 Å². The van der Waals surface area contributed by atoms with E-state index in [1.54, 1.807) is 6.92 Å². The van der Waals surface area contributed by atoms with Gasteiger partial charge in [-0.25, -0.2) is 17.2 Å². The summed E-state index contributed by atoms with van der Waals surface area (Å²) >= 11 is 0. The number of carbonyl (C=O) groups excluding carboxylic acids is 2. The maximum absolute atomic E-state index is 13.7. The number of rotatable bonds is 8. The van der Waals surface area contributed by atoms with Crippen molar-refractivity contribution >= 4 is 27.6 Å². The van der Waals surface area contributed by atoms with E-state index in [0.717, 1.165) is 24.3 Å². The zero-order chi connectivity index (χ0) is 21.6. The summed E-state index contributed by atoms with van der Waals surface area (Å²) in [5.41, 5.74) is 0.305. The van der Waals surface area contributed by atoms with E-state index in [1.165, 1.54) is 31.2 Å². The van der Waals surface area contributed by atoms with Crippen LogP contribution in [-0.2, 0) is 24.3 Å². The molecule has 0 aliphatic heterocycles. The van der Waals surface area contributed by atoms with Crippen molar-refractivity contribution in [1.82, 2.24) is 4.72 Å². The van der Waals surface area contributed by atoms with Crippen molar-refractivity contribution in [3.05, 3.63) is 60.2 Å². The molecule has 29 heavy (non-hydrogen) atoms. The highest BCUT2D eigenvalue weighted by Gasteiger charge is 2.28. The number of halogens is 2. The number of hydrogen-bond acceptors (Lipinski definition) is 5. The van der Waals surface area contributed by atoms with Crippen LogP contribution < -0.4 is 10.0 Å². The second-order valence-corrected chi connectivity index (χ2v) is 7.79. The van der Waals surface area contributed by atoms with Crippen LogP contribution in [0.4, 0.5) is 14.5 Å². The van der Waals surface area contributed by atoms with Gasteiger partial charge in [0, 0.05) is 5.69 Å². The summed E-state index contributed by atoms with van der Waals surface area (Å²) in [6.45, 7) is 2.81. The normalized spacial score (nSPS) is 13.4. The summed E-state index contributed by atoms with van der Waals surface area (Å²) in [4.78, 5) is 23.9. The number of ether oxygens (including phenoxy) is 1. The lowest BCUT2D eigenvalue weighted by Crippen LogP contribution is -2.43. The van der Waals surface area contributed by atoms with Crippen molar-refractivity contribution in [2.45, 2.75) is 37.3 Å². The quantitative estimate of drug-likeness (QED) is 0.632. The van der Waals surface area contributed by atoms with Gasteiger partial charge >= 0.3 is 5.97 Å². The van der Waals surface area contributed by atoms with Crippen molar-refractivity contribution in [1.29, 1.82) is 0 Å². The van der Waals surface area contributed by atoms with Crippen LogP contribution in [0, 0.1) is 11.6 Å². The summed E-state index contributed by atoms with van der Waals surface area (Å²) in [6.07, 6.45) is -1.08. The van der Waals surface area contributed by atoms with Crippen LogP contribution in [0.5, 0.6) is 0 Å². The van der Waals surface area contributed by atoms with Crippen LogP contribution in [-0.4, -0.2) is 32.4 Å². The number of sulfonamides is 1. The number of esters is 1. The molecule has 0 aliphatic rings. The van der Waals surface area contributed by atoms with Gasteiger partial charge < -0.3 is 10.1 Å². The highest BCUT2D eigenvalue weighted by molar-refractivity contribution is 7.89. The van der Waals surface area contributed by atoms with Crippen molar-refractivity contribution in [2.24, 2.45) is 0 Å². The minimum atomic E-state index is -4.31. The van der Waals surface area contributed by atoms with Crippen molar-refractivity contribution < 1.29 is 31.5 Å². The summed E-state index contributed by atoms with van der Waals surface area (Å²) < 4.78 is 58.3. The molecule has 2 atom stereocenters. The van der Waals surface area contributed by atoms with E-state index in [0.29, 0.717) is 5.69 Å². The minimum absolute atomic E-state index is 0.117. The number of carbonyl (C=O) groups is 2. The van der Waals surface area contributed by atoms with Crippen LogP contribution in [0.15, 0.2) is 53.4 Å². The van der Waals surface area contributed by atoms with Gasteiger partial charge in [-0.15, -0.1) is 0 Å². The van der Waals surface area contributed by atoms with E-state index < -0.39 is 50.6 Å². The van der Waals surface area contributed by atoms with Crippen molar-refractivity contribution in [3.8, 4) is 0 Å². The van der Waals surface area contributed by atoms with Gasteiger partial charge in [0.15, 0.2) is 6.10 Å². The maximum atomic E-state index is 13.7. The van der Waals surface area contributed by atoms with Gasteiger partial charge in [0.2, 0.25) is 10.0 Å². The largest absolute Gasteiger partial charge is 0.451 e. The highest BCUT2D eigenvalue weighted by atomic mass is 32.2. The van der Waals surface area contributed by atoms with Gasteiger partial charge in [-0.1, -0.05) is 19.1 Å². The fourth-order valence-corrected chi connectivity index (χ4v) is 3.60. The first-order valence-electron chi connectivity index (χ1n) is 8.68. The van der Waals surface area contributed by atoms with Gasteiger partial charge in [0.1, 0.15) is 22.6 Å². The third-order valence-corrected chi connectivity index (χ3v) is 5.42. The van der Waals surface area contributed by atoms with Crippen LogP contribution in [0.1, 0.15) is 20.3 Å². The fraction of sp³-hybridized carbons (Fsp3) is 0.263. The lowest BCUT2D eigenvalue weighted by Gasteiger charge is -2.19. The molecule has 2 aromatic rings. The average molecular weight is 426 g/mol. The molecule has 10 heteroatoms. The second kappa shape index (κ2) is 9.57. The predicted octanol–water partition coefficient (Wildman–Crippen LogP) is 2.59. The molecule has 0 aromatic heterocycles. The number of benzene rings is 2. The lowest BCUT2D eigenvalue weighted by atomic mass is 10.2. The Kier molecular flexibility index (Phi) is 7.40. The monoisotopic (exact) mass is 426 g/mol. The van der Waals surface area contributed by atoms with Crippen LogP contribution in [0.25, 0.3) is 0 Å². The Balaban J connectivity index is 2.01. The van der Waals surface area contributed by atoms with Crippen LogP contribution in [0.3, 0.4) is 0 Å². The minimum Gasteiger partial charge on any atom is -0.451 e. The molecule has 156 valence electrons. The maximum Gasteiger partial charge on any atom is 0.324 e. The van der Waals surface area contributed by atoms with Gasteiger partial charge in [-0.2, -0.15) is 4.72 Å². The SMILES string of the molecule is CCC(OC(=O)[C@H](C)NS(=O)(=O)c1ccccc1F)C(=O)Nc1ccc(F)cc1. The predicted molar refractivity (Wildman–Crippen MR) is 101 cm³/mol. The Labute approximate surface area is 167 Å². The van der Waals surface area contributed by atoms with Crippen LogP contribution in [0.2, 0.25) is 0 Å². The molecule has 0 bridgehead atoms. The molecule has 2 rings (SSSR count). The topological polar surface area (TPSA) is 102 Å². The van der Waals surface area contributed by atoms with Crippen molar-refractivity contribution in [3.63, 3.8) is 0 Å². The van der Waals surface area contributed by atoms with Gasteiger partial charge in [0.05, 0.1) is 0 Å². The first-order chi connectivity index (χ1) is 13.6. The van der Waals surface area contributed by atoms with E-state index in [4.69, 9.17) is 4.74 Å². The molecule has 0 aliphatic carbocycles. The van der Waals surface area contributed by atoms with Gasteiger partial charge in [-0.3, -0.25) is 9.59 Å². The zero-order valence-electron chi connectivity index (χ0n) is 15.7. The second-order valence-electron chi connectivity index (χ2n) is 6.10. The first kappa shape index (κ1) is 22.4. The molecule has 1 amide bonds. The Bertz CT molecular complexity index is 980. The Hall–Kier alpha value is -2.85. The summed E-state index contributed by atoms with van der Waals surface area (Å²) in [7, 11) is -4.31. The molecule has 0 heterocycles. The van der Waals surface area contributed by atoms with Gasteiger partial charge in [0.25, 0.3) is 5.91 Å². The molecule has 0 saturated carbocycles. The molecular weight excluding hydrogens is 406 g/mol. The molecule has 2 N–H and O–H groups in total. The number of nitrogens with one attached hydrogen (secondary N) is 2. The smallest absolute Gasteiger partial charge is 0.324 e. The van der Waals surface area contributed by atoms with E-state index in [9.17, 15) is 26.8 Å². The molecule has 7 nitrogen and oxygen atoms in total. The summed E-state index contributed by atoms with van der Waals surface area (Å²) in [6, 6.07) is 8.33. The molecule has 0 fully saturated rings. The Morgan fingerprint density at radius 2 is 1.69 bits per heavy atom. The third-order valence-electron chi connectivity index (χ3n) is 3.85. The first-order valence-corrected chi connectivity index (χ1v) is 10.2. The number of hydrogen-bond donors (Lipinski definition) is 2. The fourth-order valence-electron chi connectivity index (χ4n) is 2.33. The third kappa shape index (κ3) is 6.06. The molecular formula is C19H20F2N2O5S. The van der Waals surface area contributed by atoms with E-state index in [2.05, 4.69) is 5.32 Å². The van der Waals surface area contributed by atoms with E-state index >= 15 is 0 Å². The highest BCUT2D eigenvalue weighted by Crippen LogP contribution is 2.15. The summed E-state index contributed by atoms with van der Waals surface area (Å²) in [5.74, 6) is -3.11. The lowest BCUT2D eigenvalue weighted by molar-refractivity contribution is -0.155. The van der Waals surface area contributed by atoms with Crippen LogP contribution >= 0.6 is 0 Å². The average Bonchev–Trinajstić information content (AvgIpc) is 2.67. The molecule has 0 saturated heterocycles. The van der Waals surface area contributed by atoms with E-state index in [1.807, 2.05) is 4.72 Å². The van der Waals surface area contributed by atoms with Gasteiger partial charge in [-0.05, 0) is 49.7 Å². The molecule has 0 spiro atoms.